The van der Waals surface area contributed by atoms with Crippen molar-refractivity contribution in [1.82, 2.24) is 0 Å². The topological polar surface area (TPSA) is 26.3 Å². The van der Waals surface area contributed by atoms with Crippen LogP contribution in [0, 0.1) is 24.7 Å². The zero-order chi connectivity index (χ0) is 20.2. The number of benzene rings is 2. The number of hydrogen-bond acceptors (Lipinski definition) is 2. The first kappa shape index (κ1) is 18.6. The Kier molecular flexibility index (Phi) is 4.40. The largest absolute Gasteiger partial charge is 0.456 e. The number of carbonyl (C=O) groups is 1. The van der Waals surface area contributed by atoms with Crippen LogP contribution >= 0.6 is 10.5 Å². The van der Waals surface area contributed by atoms with Crippen molar-refractivity contribution in [3.8, 4) is 4.90 Å². The third kappa shape index (κ3) is 3.22. The summed E-state index contributed by atoms with van der Waals surface area (Å²) in [5, 5.41) is 1.30. The molecule has 0 radical (unpaired) electrons. The first-order valence-electron chi connectivity index (χ1n) is 10.5. The van der Waals surface area contributed by atoms with Gasteiger partial charge in [0.05, 0.1) is 5.56 Å². The molecule has 4 atom stereocenters. The second-order valence-electron chi connectivity index (χ2n) is 9.00. The van der Waals surface area contributed by atoms with Crippen molar-refractivity contribution in [3.05, 3.63) is 77.2 Å². The Hall–Kier alpha value is -2.39. The van der Waals surface area contributed by atoms with Gasteiger partial charge in [-0.3, -0.25) is 0 Å². The fraction of sp³-hybridized carbons (Fsp3) is 0.346. The molecule has 1 aromatic heterocycles. The minimum atomic E-state index is -0.439. The van der Waals surface area contributed by atoms with Gasteiger partial charge in [-0.05, 0) is 74.9 Å². The lowest BCUT2D eigenvalue weighted by atomic mass is 9.80. The Morgan fingerprint density at radius 3 is 2.48 bits per heavy atom. The molecule has 1 saturated carbocycles. The fourth-order valence-electron chi connectivity index (χ4n) is 5.23. The maximum Gasteiger partial charge on any atom is 0.338 e. The lowest BCUT2D eigenvalue weighted by molar-refractivity contribution is -0.0360. The molecule has 4 unspecified atom stereocenters. The van der Waals surface area contributed by atoms with E-state index in [0.717, 1.165) is 6.42 Å². The number of thiophene rings is 1. The molecule has 0 amide bonds. The number of fused-ring (bicyclic) bond motifs is 3. The lowest BCUT2D eigenvalue weighted by Gasteiger charge is -2.35. The third-order valence-corrected chi connectivity index (χ3v) is 8.99. The molecule has 0 spiro atoms. The summed E-state index contributed by atoms with van der Waals surface area (Å²) in [6, 6.07) is 18.9. The maximum absolute atomic E-state index is 12.9. The number of allylic oxidation sites excluding steroid dienone is 2. The molecule has 2 aromatic carbocycles. The van der Waals surface area contributed by atoms with Gasteiger partial charge >= 0.3 is 5.97 Å². The maximum atomic E-state index is 12.9. The highest BCUT2D eigenvalue weighted by molar-refractivity contribution is 7.45. The predicted molar refractivity (Wildman–Crippen MR) is 121 cm³/mol. The summed E-state index contributed by atoms with van der Waals surface area (Å²) in [5.41, 5.74) is 0.198. The zero-order valence-corrected chi connectivity index (χ0v) is 18.0. The SMILES string of the molecule is Cc1cc2ccccc2[s+]1-c1ccc(C(=O)OC(C)(C)C2CC3C=CC2C3)cc1. The summed E-state index contributed by atoms with van der Waals surface area (Å²) in [6.45, 7) is 6.34. The minimum Gasteiger partial charge on any atom is -0.456 e. The highest BCUT2D eigenvalue weighted by atomic mass is 32.2. The molecular formula is C26H27O2S+. The highest BCUT2D eigenvalue weighted by Gasteiger charge is 2.46. The van der Waals surface area contributed by atoms with Crippen LogP contribution in [0.2, 0.25) is 0 Å². The highest BCUT2D eigenvalue weighted by Crippen LogP contribution is 2.49. The summed E-state index contributed by atoms with van der Waals surface area (Å²) in [6.07, 6.45) is 7.00. The molecule has 5 rings (SSSR count). The van der Waals surface area contributed by atoms with Gasteiger partial charge in [-0.15, -0.1) is 0 Å². The van der Waals surface area contributed by atoms with E-state index in [0.29, 0.717) is 23.3 Å². The van der Waals surface area contributed by atoms with Gasteiger partial charge < -0.3 is 4.74 Å². The molecule has 0 saturated heterocycles. The van der Waals surface area contributed by atoms with Crippen molar-refractivity contribution >= 4 is 26.5 Å². The van der Waals surface area contributed by atoms with E-state index in [1.54, 1.807) is 0 Å². The minimum absolute atomic E-state index is 0.0526. The van der Waals surface area contributed by atoms with Gasteiger partial charge in [0, 0.05) is 34.8 Å². The lowest BCUT2D eigenvalue weighted by Crippen LogP contribution is -2.38. The molecule has 148 valence electrons. The average molecular weight is 404 g/mol. The molecule has 29 heavy (non-hydrogen) atoms. The van der Waals surface area contributed by atoms with E-state index in [1.165, 1.54) is 26.3 Å². The normalized spacial score (nSPS) is 23.7. The summed E-state index contributed by atoms with van der Waals surface area (Å²) < 4.78 is 7.39. The fourth-order valence-corrected chi connectivity index (χ4v) is 7.43. The molecule has 3 heteroatoms. The number of hydrogen-bond donors (Lipinski definition) is 0. The third-order valence-electron chi connectivity index (χ3n) is 6.67. The van der Waals surface area contributed by atoms with Gasteiger partial charge in [-0.2, -0.15) is 0 Å². The first-order valence-corrected chi connectivity index (χ1v) is 11.7. The molecular weight excluding hydrogens is 376 g/mol. The van der Waals surface area contributed by atoms with Crippen LogP contribution < -0.4 is 0 Å². The van der Waals surface area contributed by atoms with Crippen molar-refractivity contribution in [2.45, 2.75) is 39.2 Å². The van der Waals surface area contributed by atoms with Gasteiger partial charge in [0.2, 0.25) is 0 Å². The molecule has 0 aliphatic heterocycles. The van der Waals surface area contributed by atoms with E-state index in [-0.39, 0.29) is 16.4 Å². The number of ether oxygens (including phenoxy) is 1. The predicted octanol–water partition coefficient (Wildman–Crippen LogP) is 7.03. The van der Waals surface area contributed by atoms with E-state index in [9.17, 15) is 4.79 Å². The van der Waals surface area contributed by atoms with E-state index in [4.69, 9.17) is 4.74 Å². The van der Waals surface area contributed by atoms with Crippen molar-refractivity contribution < 1.29 is 9.53 Å². The molecule has 2 bridgehead atoms. The van der Waals surface area contributed by atoms with Crippen LogP contribution in [0.1, 0.15) is 41.9 Å². The quantitative estimate of drug-likeness (QED) is 0.265. The Bertz CT molecular complexity index is 1100. The van der Waals surface area contributed by atoms with Crippen LogP contribution in [0.5, 0.6) is 0 Å². The average Bonchev–Trinajstić information content (AvgIpc) is 3.41. The molecule has 2 aliphatic rings. The second kappa shape index (κ2) is 6.84. The Labute approximate surface area is 175 Å². The van der Waals surface area contributed by atoms with E-state index in [2.05, 4.69) is 75.4 Å². The number of esters is 1. The van der Waals surface area contributed by atoms with Gasteiger partial charge in [-0.1, -0.05) is 24.3 Å². The summed E-state index contributed by atoms with van der Waals surface area (Å²) >= 11 is 0. The zero-order valence-electron chi connectivity index (χ0n) is 17.2. The van der Waals surface area contributed by atoms with Crippen LogP contribution in [0.3, 0.4) is 0 Å². The monoisotopic (exact) mass is 403 g/mol. The Balaban J connectivity index is 1.37. The molecule has 1 heterocycles. The smallest absolute Gasteiger partial charge is 0.338 e. The number of rotatable bonds is 4. The number of aryl methyl sites for hydroxylation is 1. The Morgan fingerprint density at radius 2 is 1.79 bits per heavy atom. The van der Waals surface area contributed by atoms with Gasteiger partial charge in [-0.25, -0.2) is 4.79 Å². The standard InChI is InChI=1S/C26H27O2S/c1-17-14-21-6-4-5-7-24(21)29(17)22-12-10-19(11-13-22)25(27)28-26(2,3)23-16-18-8-9-20(23)15-18/h4-14,18,20,23H,15-16H2,1-3H3/q+1. The molecule has 0 N–H and O–H groups in total. The first-order chi connectivity index (χ1) is 13.9. The molecule has 2 aliphatic carbocycles. The van der Waals surface area contributed by atoms with Gasteiger partial charge in [0.15, 0.2) is 14.5 Å². The van der Waals surface area contributed by atoms with Gasteiger partial charge in [0.25, 0.3) is 0 Å². The van der Waals surface area contributed by atoms with E-state index >= 15 is 0 Å². The van der Waals surface area contributed by atoms with Crippen molar-refractivity contribution in [3.63, 3.8) is 0 Å². The summed E-state index contributed by atoms with van der Waals surface area (Å²) in [5.74, 6) is 1.44. The van der Waals surface area contributed by atoms with E-state index in [1.807, 2.05) is 12.1 Å². The summed E-state index contributed by atoms with van der Waals surface area (Å²) in [7, 11) is -0.0526. The van der Waals surface area contributed by atoms with E-state index < -0.39 is 5.60 Å². The van der Waals surface area contributed by atoms with Gasteiger partial charge in [0.1, 0.15) is 5.60 Å². The summed E-state index contributed by atoms with van der Waals surface area (Å²) in [4.78, 5) is 15.5. The number of carbonyl (C=O) groups excluding carboxylic acids is 1. The Morgan fingerprint density at radius 1 is 1.03 bits per heavy atom. The second-order valence-corrected chi connectivity index (χ2v) is 11.2. The molecule has 1 fully saturated rings. The van der Waals surface area contributed by atoms with Crippen molar-refractivity contribution in [2.75, 3.05) is 0 Å². The molecule has 3 aromatic rings. The van der Waals surface area contributed by atoms with Crippen LogP contribution in [-0.2, 0) is 4.74 Å². The van der Waals surface area contributed by atoms with Crippen molar-refractivity contribution in [1.29, 1.82) is 0 Å². The van der Waals surface area contributed by atoms with Crippen LogP contribution in [0.25, 0.3) is 15.0 Å². The van der Waals surface area contributed by atoms with Crippen LogP contribution in [-0.4, -0.2) is 11.6 Å². The molecule has 2 nitrogen and oxygen atoms in total. The van der Waals surface area contributed by atoms with Crippen LogP contribution in [0.15, 0.2) is 66.7 Å². The van der Waals surface area contributed by atoms with Crippen molar-refractivity contribution in [2.24, 2.45) is 17.8 Å². The van der Waals surface area contributed by atoms with Crippen LogP contribution in [0.4, 0.5) is 0 Å².